The van der Waals surface area contributed by atoms with Gasteiger partial charge < -0.3 is 14.5 Å². The number of carbonyl (C=O) groups is 2. The second kappa shape index (κ2) is 8.41. The Kier molecular flexibility index (Phi) is 6.25. The number of para-hydroxylation sites is 1. The molecule has 5 heteroatoms. The van der Waals surface area contributed by atoms with Crippen LogP contribution in [0, 0.1) is 0 Å². The maximum Gasteiger partial charge on any atom is 0.260 e. The topological polar surface area (TPSA) is 49.9 Å². The predicted molar refractivity (Wildman–Crippen MR) is 84.6 cm³/mol. The average Bonchev–Trinajstić information content (AvgIpc) is 2.80. The Balaban J connectivity index is 1.80. The zero-order chi connectivity index (χ0) is 15.8. The molecule has 1 aromatic carbocycles. The van der Waals surface area contributed by atoms with E-state index in [4.69, 9.17) is 4.74 Å². The molecule has 0 saturated carbocycles. The number of benzene rings is 1. The Morgan fingerprint density at radius 2 is 1.64 bits per heavy atom. The van der Waals surface area contributed by atoms with Crippen LogP contribution >= 0.6 is 0 Å². The lowest BCUT2D eigenvalue weighted by molar-refractivity contribution is -0.134. The van der Waals surface area contributed by atoms with Crippen molar-refractivity contribution in [2.45, 2.75) is 26.2 Å². The number of hydrogen-bond donors (Lipinski definition) is 0. The van der Waals surface area contributed by atoms with Gasteiger partial charge in [-0.1, -0.05) is 25.1 Å². The van der Waals surface area contributed by atoms with Gasteiger partial charge in [0.25, 0.3) is 5.91 Å². The molecule has 0 bridgehead atoms. The third-order valence-electron chi connectivity index (χ3n) is 3.77. The molecule has 0 radical (unpaired) electrons. The quantitative estimate of drug-likeness (QED) is 0.835. The summed E-state index contributed by atoms with van der Waals surface area (Å²) in [6.45, 7) is 4.69. The van der Waals surface area contributed by atoms with Crippen LogP contribution in [-0.4, -0.2) is 54.4 Å². The first-order chi connectivity index (χ1) is 10.7. The number of hydrogen-bond acceptors (Lipinski definition) is 3. The highest BCUT2D eigenvalue weighted by Crippen LogP contribution is 2.10. The van der Waals surface area contributed by atoms with Gasteiger partial charge in [0.1, 0.15) is 5.75 Å². The fourth-order valence-electron chi connectivity index (χ4n) is 2.54. The van der Waals surface area contributed by atoms with Crippen molar-refractivity contribution in [2.75, 3.05) is 32.8 Å². The van der Waals surface area contributed by atoms with Crippen LogP contribution in [0.3, 0.4) is 0 Å². The van der Waals surface area contributed by atoms with Gasteiger partial charge in [-0.25, -0.2) is 0 Å². The molecule has 120 valence electrons. The van der Waals surface area contributed by atoms with Crippen molar-refractivity contribution in [3.05, 3.63) is 30.3 Å². The van der Waals surface area contributed by atoms with E-state index in [9.17, 15) is 9.59 Å². The summed E-state index contributed by atoms with van der Waals surface area (Å²) in [5.74, 6) is 0.872. The van der Waals surface area contributed by atoms with E-state index in [1.165, 1.54) is 0 Å². The first-order valence-corrected chi connectivity index (χ1v) is 7.94. The van der Waals surface area contributed by atoms with Gasteiger partial charge in [-0.15, -0.1) is 0 Å². The van der Waals surface area contributed by atoms with Crippen LogP contribution in [0.5, 0.6) is 5.75 Å². The molecule has 1 saturated heterocycles. The number of amides is 2. The van der Waals surface area contributed by atoms with Gasteiger partial charge in [-0.3, -0.25) is 9.59 Å². The third kappa shape index (κ3) is 4.76. The van der Waals surface area contributed by atoms with Crippen molar-refractivity contribution in [1.29, 1.82) is 0 Å². The van der Waals surface area contributed by atoms with Crippen LogP contribution in [0.15, 0.2) is 30.3 Å². The standard InChI is InChI=1S/C17H24N2O3/c1-2-7-16(20)18-10-6-11-19(13-12-18)17(21)14-22-15-8-4-3-5-9-15/h3-5,8-9H,2,6-7,10-14H2,1H3. The molecule has 1 aromatic rings. The van der Waals surface area contributed by atoms with Gasteiger partial charge in [0, 0.05) is 32.6 Å². The van der Waals surface area contributed by atoms with Crippen LogP contribution in [0.2, 0.25) is 0 Å². The molecule has 0 atom stereocenters. The van der Waals surface area contributed by atoms with E-state index in [2.05, 4.69) is 0 Å². The Bertz CT molecular complexity index is 490. The van der Waals surface area contributed by atoms with Crippen molar-refractivity contribution >= 4 is 11.8 Å². The summed E-state index contributed by atoms with van der Waals surface area (Å²) >= 11 is 0. The Morgan fingerprint density at radius 3 is 2.27 bits per heavy atom. The monoisotopic (exact) mass is 304 g/mol. The maximum absolute atomic E-state index is 12.2. The third-order valence-corrected chi connectivity index (χ3v) is 3.77. The molecule has 2 amide bonds. The molecule has 1 fully saturated rings. The molecular formula is C17H24N2O3. The fourth-order valence-corrected chi connectivity index (χ4v) is 2.54. The second-order valence-corrected chi connectivity index (χ2v) is 5.47. The van der Waals surface area contributed by atoms with E-state index >= 15 is 0 Å². The van der Waals surface area contributed by atoms with Crippen LogP contribution < -0.4 is 4.74 Å². The minimum absolute atomic E-state index is 0.0198. The zero-order valence-electron chi connectivity index (χ0n) is 13.2. The van der Waals surface area contributed by atoms with Crippen molar-refractivity contribution in [1.82, 2.24) is 9.80 Å². The van der Waals surface area contributed by atoms with Gasteiger partial charge in [0.05, 0.1) is 0 Å². The highest BCUT2D eigenvalue weighted by atomic mass is 16.5. The first-order valence-electron chi connectivity index (χ1n) is 7.94. The SMILES string of the molecule is CCCC(=O)N1CCCN(C(=O)COc2ccccc2)CC1. The molecule has 2 rings (SSSR count). The number of rotatable bonds is 5. The van der Waals surface area contributed by atoms with E-state index < -0.39 is 0 Å². The summed E-state index contributed by atoms with van der Waals surface area (Å²) < 4.78 is 5.50. The minimum Gasteiger partial charge on any atom is -0.484 e. The largest absolute Gasteiger partial charge is 0.484 e. The second-order valence-electron chi connectivity index (χ2n) is 5.47. The van der Waals surface area contributed by atoms with E-state index in [0.29, 0.717) is 31.8 Å². The van der Waals surface area contributed by atoms with E-state index in [1.807, 2.05) is 42.2 Å². The molecule has 0 aromatic heterocycles. The lowest BCUT2D eigenvalue weighted by atomic mass is 10.3. The van der Waals surface area contributed by atoms with Crippen LogP contribution in [-0.2, 0) is 9.59 Å². The van der Waals surface area contributed by atoms with Crippen molar-refractivity contribution in [2.24, 2.45) is 0 Å². The Morgan fingerprint density at radius 1 is 1.00 bits per heavy atom. The molecule has 0 aliphatic carbocycles. The van der Waals surface area contributed by atoms with Crippen molar-refractivity contribution in [3.63, 3.8) is 0 Å². The van der Waals surface area contributed by atoms with Gasteiger partial charge in [0.15, 0.2) is 6.61 Å². The molecule has 0 unspecified atom stereocenters. The normalized spacial score (nSPS) is 15.3. The molecule has 0 spiro atoms. The van der Waals surface area contributed by atoms with Crippen LogP contribution in [0.1, 0.15) is 26.2 Å². The van der Waals surface area contributed by atoms with E-state index in [-0.39, 0.29) is 18.4 Å². The molecular weight excluding hydrogens is 280 g/mol. The van der Waals surface area contributed by atoms with Gasteiger partial charge >= 0.3 is 0 Å². The first kappa shape index (κ1) is 16.3. The summed E-state index contributed by atoms with van der Waals surface area (Å²) in [6.07, 6.45) is 2.28. The highest BCUT2D eigenvalue weighted by Gasteiger charge is 2.21. The molecule has 22 heavy (non-hydrogen) atoms. The summed E-state index contributed by atoms with van der Waals surface area (Å²) in [5.41, 5.74) is 0. The number of carbonyl (C=O) groups excluding carboxylic acids is 2. The number of ether oxygens (including phenoxy) is 1. The predicted octanol–water partition coefficient (Wildman–Crippen LogP) is 1.93. The smallest absolute Gasteiger partial charge is 0.260 e. The van der Waals surface area contributed by atoms with Gasteiger partial charge in [0.2, 0.25) is 5.91 Å². The molecule has 1 aliphatic heterocycles. The molecule has 0 N–H and O–H groups in total. The molecule has 1 heterocycles. The Hall–Kier alpha value is -2.04. The van der Waals surface area contributed by atoms with E-state index in [1.54, 1.807) is 4.90 Å². The van der Waals surface area contributed by atoms with E-state index in [0.717, 1.165) is 19.4 Å². The van der Waals surface area contributed by atoms with Gasteiger partial charge in [-0.05, 0) is 25.0 Å². The lowest BCUT2D eigenvalue weighted by Crippen LogP contribution is -2.39. The van der Waals surface area contributed by atoms with Crippen LogP contribution in [0.4, 0.5) is 0 Å². The minimum atomic E-state index is -0.0198. The summed E-state index contributed by atoms with van der Waals surface area (Å²) in [4.78, 5) is 27.8. The van der Waals surface area contributed by atoms with Crippen molar-refractivity contribution < 1.29 is 14.3 Å². The average molecular weight is 304 g/mol. The zero-order valence-corrected chi connectivity index (χ0v) is 13.2. The molecule has 1 aliphatic rings. The fraction of sp³-hybridized carbons (Fsp3) is 0.529. The van der Waals surface area contributed by atoms with Crippen molar-refractivity contribution in [3.8, 4) is 5.75 Å². The summed E-state index contributed by atoms with van der Waals surface area (Å²) in [5, 5.41) is 0. The lowest BCUT2D eigenvalue weighted by Gasteiger charge is -2.22. The Labute approximate surface area is 131 Å². The molecule has 5 nitrogen and oxygen atoms in total. The number of nitrogens with zero attached hydrogens (tertiary/aromatic N) is 2. The van der Waals surface area contributed by atoms with Crippen LogP contribution in [0.25, 0.3) is 0 Å². The summed E-state index contributed by atoms with van der Waals surface area (Å²) in [7, 11) is 0. The highest BCUT2D eigenvalue weighted by molar-refractivity contribution is 5.78. The summed E-state index contributed by atoms with van der Waals surface area (Å²) in [6, 6.07) is 9.33. The maximum atomic E-state index is 12.2. The van der Waals surface area contributed by atoms with Gasteiger partial charge in [-0.2, -0.15) is 0 Å².